The van der Waals surface area contributed by atoms with Crippen LogP contribution in [0.3, 0.4) is 0 Å². The van der Waals surface area contributed by atoms with E-state index < -0.39 is 6.04 Å². The predicted molar refractivity (Wildman–Crippen MR) is 148 cm³/mol. The number of benzene rings is 3. The molecular formula is C28H30BrClN2O5. The average molecular weight is 590 g/mol. The average Bonchev–Trinajstić information content (AvgIpc) is 2.88. The standard InChI is InChI=1S/C28H30BrClN2O5/c1-18(34)24(15-33)31-14-21-12-23(30)26(13-25(21)37-17-27(35)32(2)3)36-16-20-10-7-11-22(28(20)29)19-8-5-4-6-9-19/h4-13,24,31,33H,14-17H2,1-3H3. The number of rotatable bonds is 12. The fourth-order valence-corrected chi connectivity index (χ4v) is 4.33. The van der Waals surface area contributed by atoms with Gasteiger partial charge in [0.2, 0.25) is 0 Å². The molecule has 9 heteroatoms. The van der Waals surface area contributed by atoms with Crippen molar-refractivity contribution in [1.82, 2.24) is 10.2 Å². The third-order valence-corrected chi connectivity index (χ3v) is 6.96. The Morgan fingerprint density at radius 3 is 2.41 bits per heavy atom. The second-order valence-electron chi connectivity index (χ2n) is 8.63. The maximum atomic E-state index is 12.1. The van der Waals surface area contributed by atoms with Crippen LogP contribution in [-0.2, 0) is 22.7 Å². The van der Waals surface area contributed by atoms with Gasteiger partial charge in [0.05, 0.1) is 17.7 Å². The quantitative estimate of drug-likeness (QED) is 0.314. The van der Waals surface area contributed by atoms with Gasteiger partial charge < -0.3 is 24.8 Å². The van der Waals surface area contributed by atoms with Crippen LogP contribution < -0.4 is 14.8 Å². The lowest BCUT2D eigenvalue weighted by atomic mass is 10.0. The number of amides is 1. The van der Waals surface area contributed by atoms with E-state index in [2.05, 4.69) is 21.2 Å². The molecule has 0 heterocycles. The molecule has 37 heavy (non-hydrogen) atoms. The van der Waals surface area contributed by atoms with Gasteiger partial charge in [-0.25, -0.2) is 0 Å². The first-order valence-electron chi connectivity index (χ1n) is 11.7. The molecule has 0 aliphatic rings. The molecule has 1 amide bonds. The minimum Gasteiger partial charge on any atom is -0.487 e. The van der Waals surface area contributed by atoms with E-state index in [1.165, 1.54) is 11.8 Å². The zero-order valence-electron chi connectivity index (χ0n) is 21.0. The lowest BCUT2D eigenvalue weighted by Gasteiger charge is -2.19. The lowest BCUT2D eigenvalue weighted by Crippen LogP contribution is -2.38. The van der Waals surface area contributed by atoms with Crippen LogP contribution in [0.2, 0.25) is 5.02 Å². The van der Waals surface area contributed by atoms with Crippen molar-refractivity contribution in [2.75, 3.05) is 27.3 Å². The first-order valence-corrected chi connectivity index (χ1v) is 12.8. The number of carbonyl (C=O) groups is 2. The highest BCUT2D eigenvalue weighted by molar-refractivity contribution is 9.10. The zero-order chi connectivity index (χ0) is 26.9. The number of Topliss-reactive ketones (excluding diaryl/α,β-unsaturated/α-hetero) is 1. The van der Waals surface area contributed by atoms with Crippen LogP contribution in [-0.4, -0.2) is 55.0 Å². The molecular weight excluding hydrogens is 560 g/mol. The van der Waals surface area contributed by atoms with Crippen LogP contribution >= 0.6 is 27.5 Å². The number of carbonyl (C=O) groups excluding carboxylic acids is 2. The number of halogens is 2. The Labute approximate surface area is 230 Å². The SMILES string of the molecule is CC(=O)C(CO)NCc1cc(Cl)c(OCc2cccc(-c3ccccc3)c2Br)cc1OCC(=O)N(C)C. The van der Waals surface area contributed by atoms with Gasteiger partial charge in [0, 0.05) is 42.3 Å². The molecule has 3 rings (SSSR count). The first-order chi connectivity index (χ1) is 17.7. The van der Waals surface area contributed by atoms with Crippen LogP contribution in [0.25, 0.3) is 11.1 Å². The van der Waals surface area contributed by atoms with Gasteiger partial charge in [-0.1, -0.05) is 60.1 Å². The maximum absolute atomic E-state index is 12.1. The Bertz CT molecular complexity index is 1240. The Kier molecular flexibility index (Phi) is 10.5. The van der Waals surface area contributed by atoms with Gasteiger partial charge in [-0.05, 0) is 40.0 Å². The van der Waals surface area contributed by atoms with Gasteiger partial charge in [-0.2, -0.15) is 0 Å². The van der Waals surface area contributed by atoms with Crippen molar-refractivity contribution >= 4 is 39.2 Å². The zero-order valence-corrected chi connectivity index (χ0v) is 23.3. The van der Waals surface area contributed by atoms with Gasteiger partial charge in [0.1, 0.15) is 23.9 Å². The van der Waals surface area contributed by atoms with Crippen LogP contribution in [0.5, 0.6) is 11.5 Å². The summed E-state index contributed by atoms with van der Waals surface area (Å²) in [6.07, 6.45) is 0. The van der Waals surface area contributed by atoms with Gasteiger partial charge in [0.25, 0.3) is 5.91 Å². The highest BCUT2D eigenvalue weighted by Gasteiger charge is 2.17. The minimum atomic E-state index is -0.722. The molecule has 0 radical (unpaired) electrons. The second kappa shape index (κ2) is 13.6. The van der Waals surface area contributed by atoms with Gasteiger partial charge >= 0.3 is 0 Å². The van der Waals surface area contributed by atoms with E-state index in [9.17, 15) is 14.7 Å². The number of nitrogens with zero attached hydrogens (tertiary/aromatic N) is 1. The van der Waals surface area contributed by atoms with E-state index >= 15 is 0 Å². The number of likely N-dealkylation sites (N-methyl/N-ethyl adjacent to an activating group) is 1. The minimum absolute atomic E-state index is 0.179. The van der Waals surface area contributed by atoms with Crippen molar-refractivity contribution in [2.24, 2.45) is 0 Å². The van der Waals surface area contributed by atoms with Crippen LogP contribution in [0.1, 0.15) is 18.1 Å². The number of ether oxygens (including phenoxy) is 2. The van der Waals surface area contributed by atoms with Gasteiger partial charge in [0.15, 0.2) is 6.61 Å². The highest BCUT2D eigenvalue weighted by Crippen LogP contribution is 2.35. The Morgan fingerprint density at radius 1 is 1.03 bits per heavy atom. The molecule has 0 bridgehead atoms. The number of aliphatic hydroxyl groups excluding tert-OH is 1. The molecule has 1 unspecified atom stereocenters. The van der Waals surface area contributed by atoms with E-state index in [4.69, 9.17) is 21.1 Å². The second-order valence-corrected chi connectivity index (χ2v) is 9.83. The molecule has 0 spiro atoms. The molecule has 0 aliphatic heterocycles. The third-order valence-electron chi connectivity index (χ3n) is 5.72. The molecule has 1 atom stereocenters. The number of hydrogen-bond donors (Lipinski definition) is 2. The molecule has 0 fully saturated rings. The molecule has 2 N–H and O–H groups in total. The topological polar surface area (TPSA) is 88.1 Å². The number of aliphatic hydroxyl groups is 1. The van der Waals surface area contributed by atoms with E-state index in [-0.39, 0.29) is 38.1 Å². The summed E-state index contributed by atoms with van der Waals surface area (Å²) in [4.78, 5) is 25.3. The summed E-state index contributed by atoms with van der Waals surface area (Å²) < 4.78 is 12.8. The van der Waals surface area contributed by atoms with Crippen molar-refractivity contribution in [3.63, 3.8) is 0 Å². The lowest BCUT2D eigenvalue weighted by molar-refractivity contribution is -0.130. The molecule has 0 saturated carbocycles. The summed E-state index contributed by atoms with van der Waals surface area (Å²) >= 11 is 10.3. The summed E-state index contributed by atoms with van der Waals surface area (Å²) in [6, 6.07) is 18.6. The smallest absolute Gasteiger partial charge is 0.259 e. The Morgan fingerprint density at radius 2 is 1.76 bits per heavy atom. The summed E-state index contributed by atoms with van der Waals surface area (Å²) in [7, 11) is 3.29. The highest BCUT2D eigenvalue weighted by atomic mass is 79.9. The first kappa shape index (κ1) is 28.7. The van der Waals surface area contributed by atoms with Crippen LogP contribution in [0.4, 0.5) is 0 Å². The normalized spacial score (nSPS) is 11.6. The van der Waals surface area contributed by atoms with Crippen molar-refractivity contribution in [3.8, 4) is 22.6 Å². The van der Waals surface area contributed by atoms with E-state index in [1.54, 1.807) is 26.2 Å². The summed E-state index contributed by atoms with van der Waals surface area (Å²) in [5, 5.41) is 12.8. The molecule has 196 valence electrons. The van der Waals surface area contributed by atoms with Crippen molar-refractivity contribution in [1.29, 1.82) is 0 Å². The summed E-state index contributed by atoms with van der Waals surface area (Å²) in [6.45, 7) is 1.32. The van der Waals surface area contributed by atoms with Crippen molar-refractivity contribution in [3.05, 3.63) is 81.3 Å². The monoisotopic (exact) mass is 588 g/mol. The Hall–Kier alpha value is -2.91. The molecule has 3 aromatic rings. The molecule has 0 saturated heterocycles. The molecule has 3 aromatic carbocycles. The van der Waals surface area contributed by atoms with E-state index in [0.717, 1.165) is 21.2 Å². The predicted octanol–water partition coefficient (Wildman–Crippen LogP) is 4.86. The van der Waals surface area contributed by atoms with Gasteiger partial charge in [-0.3, -0.25) is 9.59 Å². The summed E-state index contributed by atoms with van der Waals surface area (Å²) in [5.41, 5.74) is 3.68. The number of hydrogen-bond acceptors (Lipinski definition) is 6. The van der Waals surface area contributed by atoms with Crippen molar-refractivity contribution in [2.45, 2.75) is 26.1 Å². The number of nitrogens with one attached hydrogen (secondary N) is 1. The summed E-state index contributed by atoms with van der Waals surface area (Å²) in [5.74, 6) is 0.372. The van der Waals surface area contributed by atoms with Gasteiger partial charge in [-0.15, -0.1) is 0 Å². The maximum Gasteiger partial charge on any atom is 0.259 e. The van der Waals surface area contributed by atoms with E-state index in [0.29, 0.717) is 22.1 Å². The van der Waals surface area contributed by atoms with Crippen LogP contribution in [0, 0.1) is 0 Å². The molecule has 7 nitrogen and oxygen atoms in total. The molecule has 0 aromatic heterocycles. The van der Waals surface area contributed by atoms with Crippen LogP contribution in [0.15, 0.2) is 65.1 Å². The fraction of sp³-hybridized carbons (Fsp3) is 0.286. The third kappa shape index (κ3) is 7.79. The largest absolute Gasteiger partial charge is 0.487 e. The number of ketones is 1. The molecule has 0 aliphatic carbocycles. The van der Waals surface area contributed by atoms with E-state index in [1.807, 2.05) is 48.5 Å². The Balaban J connectivity index is 1.84. The fourth-order valence-electron chi connectivity index (χ4n) is 3.49. The van der Waals surface area contributed by atoms with Crippen molar-refractivity contribution < 1.29 is 24.2 Å².